The molecule has 2 heteroatoms. The van der Waals surface area contributed by atoms with Crippen molar-refractivity contribution in [2.75, 3.05) is 0 Å². The summed E-state index contributed by atoms with van der Waals surface area (Å²) < 4.78 is 0. The van der Waals surface area contributed by atoms with Gasteiger partial charge in [0.15, 0.2) is 11.9 Å². The summed E-state index contributed by atoms with van der Waals surface area (Å²) in [7, 11) is 0. The van der Waals surface area contributed by atoms with E-state index in [-0.39, 0.29) is 11.9 Å². The molecule has 0 aliphatic heterocycles. The van der Waals surface area contributed by atoms with Crippen LogP contribution in [0.2, 0.25) is 0 Å². The smallest absolute Gasteiger partial charge is 0.192 e. The maximum atomic E-state index is 10.5. The molecule has 0 aliphatic carbocycles. The first-order valence-electron chi connectivity index (χ1n) is 2.28. The van der Waals surface area contributed by atoms with Gasteiger partial charge in [0.05, 0.1) is 0 Å². The average Bonchev–Trinajstić information content (AvgIpc) is 1.64. The third kappa shape index (κ3) is 1.89. The molecular weight excluding hydrogens is 104 g/mol. The van der Waals surface area contributed by atoms with Crippen LogP contribution >= 0.6 is 0 Å². The second-order valence-corrected chi connectivity index (χ2v) is 1.69. The van der Waals surface area contributed by atoms with Crippen molar-refractivity contribution in [3.63, 3.8) is 0 Å². The van der Waals surface area contributed by atoms with Gasteiger partial charge < -0.3 is 5.11 Å². The SMILES string of the molecule is C=C(C)C(=O)[C](C)O. The number of carbonyl (C=O) groups is 1. The summed E-state index contributed by atoms with van der Waals surface area (Å²) in [6, 6.07) is 0. The highest BCUT2D eigenvalue weighted by Gasteiger charge is 2.09. The molecule has 0 aliphatic rings. The van der Waals surface area contributed by atoms with Crippen molar-refractivity contribution in [2.24, 2.45) is 0 Å². The van der Waals surface area contributed by atoms with Crippen LogP contribution in [0.1, 0.15) is 13.8 Å². The minimum absolute atomic E-state index is 0.197. The van der Waals surface area contributed by atoms with E-state index in [0.29, 0.717) is 5.57 Å². The van der Waals surface area contributed by atoms with E-state index in [1.54, 1.807) is 6.92 Å². The van der Waals surface area contributed by atoms with Gasteiger partial charge in [-0.05, 0) is 19.4 Å². The van der Waals surface area contributed by atoms with Crippen molar-refractivity contribution in [1.29, 1.82) is 0 Å². The van der Waals surface area contributed by atoms with Crippen molar-refractivity contribution in [3.8, 4) is 0 Å². The van der Waals surface area contributed by atoms with Gasteiger partial charge in [-0.1, -0.05) is 6.58 Å². The lowest BCUT2D eigenvalue weighted by Gasteiger charge is -1.97. The van der Waals surface area contributed by atoms with Crippen molar-refractivity contribution in [1.82, 2.24) is 0 Å². The Labute approximate surface area is 48.8 Å². The molecule has 0 atom stereocenters. The molecule has 0 saturated heterocycles. The predicted octanol–water partition coefficient (Wildman–Crippen LogP) is 1.06. The van der Waals surface area contributed by atoms with Crippen LogP contribution < -0.4 is 0 Å². The molecule has 0 aromatic rings. The van der Waals surface area contributed by atoms with Crippen LogP contribution in [-0.4, -0.2) is 10.9 Å². The molecule has 8 heavy (non-hydrogen) atoms. The monoisotopic (exact) mass is 113 g/mol. The number of hydrogen-bond donors (Lipinski definition) is 1. The Hall–Kier alpha value is -0.630. The normalized spacial score (nSPS) is 9.50. The van der Waals surface area contributed by atoms with E-state index in [4.69, 9.17) is 5.11 Å². The molecular formula is C6H9O2. The average molecular weight is 113 g/mol. The molecule has 0 heterocycles. The van der Waals surface area contributed by atoms with E-state index in [9.17, 15) is 4.79 Å². The molecule has 0 saturated carbocycles. The zero-order valence-electron chi connectivity index (χ0n) is 5.06. The number of rotatable bonds is 2. The third-order valence-corrected chi connectivity index (χ3v) is 0.716. The largest absolute Gasteiger partial charge is 0.378 e. The lowest BCUT2D eigenvalue weighted by molar-refractivity contribution is -0.117. The van der Waals surface area contributed by atoms with Crippen LogP contribution in [0.25, 0.3) is 0 Å². The van der Waals surface area contributed by atoms with E-state index >= 15 is 0 Å². The van der Waals surface area contributed by atoms with Gasteiger partial charge in [-0.2, -0.15) is 0 Å². The first-order chi connectivity index (χ1) is 3.55. The van der Waals surface area contributed by atoms with Crippen LogP contribution in [0.4, 0.5) is 0 Å². The molecule has 0 spiro atoms. The highest BCUT2D eigenvalue weighted by atomic mass is 16.3. The zero-order valence-corrected chi connectivity index (χ0v) is 5.06. The van der Waals surface area contributed by atoms with Crippen molar-refractivity contribution >= 4 is 5.78 Å². The maximum Gasteiger partial charge on any atom is 0.192 e. The highest BCUT2D eigenvalue weighted by Crippen LogP contribution is 2.00. The van der Waals surface area contributed by atoms with Crippen molar-refractivity contribution < 1.29 is 9.90 Å². The molecule has 1 N–H and O–H groups in total. The second-order valence-electron chi connectivity index (χ2n) is 1.69. The summed E-state index contributed by atoms with van der Waals surface area (Å²) >= 11 is 0. The van der Waals surface area contributed by atoms with E-state index in [1.807, 2.05) is 0 Å². The lowest BCUT2D eigenvalue weighted by Crippen LogP contribution is -2.07. The summed E-state index contributed by atoms with van der Waals surface area (Å²) in [6.07, 6.45) is -0.197. The molecule has 0 rings (SSSR count). The molecule has 0 aromatic heterocycles. The Balaban J connectivity index is 3.84. The highest BCUT2D eigenvalue weighted by molar-refractivity contribution is 6.02. The molecule has 0 bridgehead atoms. The van der Waals surface area contributed by atoms with Gasteiger partial charge in [-0.15, -0.1) is 0 Å². The van der Waals surface area contributed by atoms with Gasteiger partial charge in [-0.3, -0.25) is 4.79 Å². The Kier molecular flexibility index (Phi) is 2.42. The van der Waals surface area contributed by atoms with Gasteiger partial charge in [0.1, 0.15) is 0 Å². The Morgan fingerprint density at radius 3 is 1.88 bits per heavy atom. The van der Waals surface area contributed by atoms with Crippen LogP contribution in [0.5, 0.6) is 0 Å². The molecule has 0 amide bonds. The zero-order chi connectivity index (χ0) is 6.73. The number of aliphatic hydroxyl groups excluding tert-OH is 1. The van der Waals surface area contributed by atoms with Gasteiger partial charge in [-0.25, -0.2) is 0 Å². The first kappa shape index (κ1) is 7.37. The first-order valence-corrected chi connectivity index (χ1v) is 2.28. The van der Waals surface area contributed by atoms with E-state index < -0.39 is 0 Å². The number of hydrogen-bond acceptors (Lipinski definition) is 2. The summed E-state index contributed by atoms with van der Waals surface area (Å²) in [4.78, 5) is 10.5. The molecule has 45 valence electrons. The fourth-order valence-electron chi connectivity index (χ4n) is 0.309. The Morgan fingerprint density at radius 2 is 1.88 bits per heavy atom. The van der Waals surface area contributed by atoms with Gasteiger partial charge >= 0.3 is 0 Å². The van der Waals surface area contributed by atoms with Gasteiger partial charge in [0.25, 0.3) is 0 Å². The quantitative estimate of drug-likeness (QED) is 0.543. The van der Waals surface area contributed by atoms with Crippen LogP contribution in [0, 0.1) is 6.10 Å². The molecule has 0 unspecified atom stereocenters. The Bertz CT molecular complexity index is 114. The summed E-state index contributed by atoms with van der Waals surface area (Å²) in [5.41, 5.74) is 0.366. The van der Waals surface area contributed by atoms with E-state index in [1.165, 1.54) is 6.92 Å². The molecule has 1 radical (unpaired) electrons. The van der Waals surface area contributed by atoms with Crippen molar-refractivity contribution in [3.05, 3.63) is 18.3 Å². The third-order valence-electron chi connectivity index (χ3n) is 0.716. The van der Waals surface area contributed by atoms with Gasteiger partial charge in [0.2, 0.25) is 0 Å². The van der Waals surface area contributed by atoms with E-state index in [0.717, 1.165) is 0 Å². The fourth-order valence-corrected chi connectivity index (χ4v) is 0.309. The molecule has 0 fully saturated rings. The molecule has 2 nitrogen and oxygen atoms in total. The van der Waals surface area contributed by atoms with E-state index in [2.05, 4.69) is 6.58 Å². The van der Waals surface area contributed by atoms with Gasteiger partial charge in [0, 0.05) is 0 Å². The van der Waals surface area contributed by atoms with Crippen molar-refractivity contribution in [2.45, 2.75) is 13.8 Å². The number of aliphatic hydroxyl groups is 1. The maximum absolute atomic E-state index is 10.5. The topological polar surface area (TPSA) is 37.3 Å². The number of Topliss-reactive ketones (excluding diaryl/α,β-unsaturated/α-hetero) is 1. The minimum atomic E-state index is -0.370. The second kappa shape index (κ2) is 2.62. The molecule has 0 aromatic carbocycles. The van der Waals surface area contributed by atoms with Crippen LogP contribution in [0.3, 0.4) is 0 Å². The Morgan fingerprint density at radius 1 is 1.50 bits per heavy atom. The summed E-state index contributed by atoms with van der Waals surface area (Å²) in [5.74, 6) is -0.370. The fraction of sp³-hybridized carbons (Fsp3) is 0.333. The number of carbonyl (C=O) groups excluding carboxylic acids is 1. The summed E-state index contributed by atoms with van der Waals surface area (Å²) in [5, 5.41) is 8.50. The summed E-state index contributed by atoms with van der Waals surface area (Å²) in [6.45, 7) is 6.25. The van der Waals surface area contributed by atoms with Crippen LogP contribution in [0.15, 0.2) is 12.2 Å². The van der Waals surface area contributed by atoms with Crippen LogP contribution in [-0.2, 0) is 4.79 Å². The predicted molar refractivity (Wildman–Crippen MR) is 30.7 cm³/mol. The lowest BCUT2D eigenvalue weighted by atomic mass is 10.1. The minimum Gasteiger partial charge on any atom is -0.378 e. The number of ketones is 1. The standard InChI is InChI=1S/C6H9O2/c1-4(2)6(8)5(3)7/h7H,1H2,2-3H3.